The first-order chi connectivity index (χ1) is 17.1. The standard InChI is InChI=1S/C28H32N2O3S2/c1-19(31)18-34-22-4-9-27(29-17-22)28-11-10-26(30-28)25(16-20-12-14-33-15-13-20)21-2-5-23(6-3-21)35(32)24-7-8-24/h2-6,9-11,17,20,24-25,30-31H,1,7-8,12-16,18H2. The molecule has 1 saturated carbocycles. The Morgan fingerprint density at radius 3 is 2.54 bits per heavy atom. The van der Waals surface area contributed by atoms with Crippen molar-refractivity contribution in [2.45, 2.75) is 53.1 Å². The Balaban J connectivity index is 1.36. The fourth-order valence-electron chi connectivity index (χ4n) is 4.62. The van der Waals surface area contributed by atoms with Crippen LogP contribution in [0.4, 0.5) is 0 Å². The van der Waals surface area contributed by atoms with Crippen molar-refractivity contribution in [1.82, 2.24) is 9.97 Å². The molecular weight excluding hydrogens is 476 g/mol. The molecule has 35 heavy (non-hydrogen) atoms. The van der Waals surface area contributed by atoms with Crippen LogP contribution in [0.25, 0.3) is 11.4 Å². The van der Waals surface area contributed by atoms with E-state index in [0.717, 1.165) is 66.5 Å². The van der Waals surface area contributed by atoms with Crippen LogP contribution < -0.4 is 0 Å². The molecule has 0 radical (unpaired) electrons. The topological polar surface area (TPSA) is 75.2 Å². The minimum Gasteiger partial charge on any atom is -0.512 e. The van der Waals surface area contributed by atoms with E-state index < -0.39 is 10.8 Å². The van der Waals surface area contributed by atoms with Crippen molar-refractivity contribution < 1.29 is 14.1 Å². The summed E-state index contributed by atoms with van der Waals surface area (Å²) in [5, 5.41) is 9.67. The molecule has 2 aromatic heterocycles. The number of H-pyrrole nitrogens is 1. The molecule has 2 aliphatic rings. The van der Waals surface area contributed by atoms with Gasteiger partial charge in [-0.25, -0.2) is 0 Å². The van der Waals surface area contributed by atoms with Crippen LogP contribution in [0.1, 0.15) is 49.3 Å². The van der Waals surface area contributed by atoms with Gasteiger partial charge in [0.25, 0.3) is 0 Å². The molecule has 2 fully saturated rings. The van der Waals surface area contributed by atoms with E-state index >= 15 is 0 Å². The molecule has 0 amide bonds. The molecule has 5 rings (SSSR count). The van der Waals surface area contributed by atoms with E-state index in [1.54, 1.807) is 0 Å². The number of pyridine rings is 1. The fraction of sp³-hybridized carbons (Fsp3) is 0.393. The highest BCUT2D eigenvalue weighted by Crippen LogP contribution is 2.36. The number of thioether (sulfide) groups is 1. The van der Waals surface area contributed by atoms with Crippen LogP contribution in [0.5, 0.6) is 0 Å². The van der Waals surface area contributed by atoms with Crippen molar-refractivity contribution in [2.24, 2.45) is 5.92 Å². The molecule has 3 heterocycles. The first-order valence-electron chi connectivity index (χ1n) is 12.3. The van der Waals surface area contributed by atoms with Gasteiger partial charge in [0.1, 0.15) is 0 Å². The number of nitrogens with zero attached hydrogens (tertiary/aromatic N) is 1. The summed E-state index contributed by atoms with van der Waals surface area (Å²) in [6.07, 6.45) is 7.24. The van der Waals surface area contributed by atoms with Gasteiger partial charge in [-0.1, -0.05) is 18.7 Å². The number of hydrogen-bond donors (Lipinski definition) is 2. The number of rotatable bonds is 10. The van der Waals surface area contributed by atoms with Crippen LogP contribution >= 0.6 is 11.8 Å². The maximum Gasteiger partial charge on any atom is 0.0953 e. The lowest BCUT2D eigenvalue weighted by atomic mass is 9.83. The number of benzene rings is 1. The zero-order valence-corrected chi connectivity index (χ0v) is 21.5. The number of aromatic amines is 1. The van der Waals surface area contributed by atoms with Gasteiger partial charge in [0, 0.05) is 46.1 Å². The number of aromatic nitrogens is 2. The summed E-state index contributed by atoms with van der Waals surface area (Å²) in [6, 6.07) is 16.8. The van der Waals surface area contributed by atoms with Gasteiger partial charge in [0.2, 0.25) is 0 Å². The number of ether oxygens (including phenoxy) is 1. The lowest BCUT2D eigenvalue weighted by Crippen LogP contribution is -2.18. The first-order valence-corrected chi connectivity index (χ1v) is 14.5. The van der Waals surface area contributed by atoms with Crippen molar-refractivity contribution in [3.05, 3.63) is 78.3 Å². The van der Waals surface area contributed by atoms with Crippen LogP contribution in [-0.4, -0.2) is 43.5 Å². The minimum atomic E-state index is -0.876. The van der Waals surface area contributed by atoms with Gasteiger partial charge in [-0.05, 0) is 80.0 Å². The Labute approximate surface area is 213 Å². The summed E-state index contributed by atoms with van der Waals surface area (Å²) in [7, 11) is -0.876. The average molecular weight is 509 g/mol. The van der Waals surface area contributed by atoms with Gasteiger partial charge in [-0.3, -0.25) is 9.19 Å². The zero-order chi connectivity index (χ0) is 24.2. The third-order valence-electron chi connectivity index (χ3n) is 6.75. The van der Waals surface area contributed by atoms with E-state index in [9.17, 15) is 9.32 Å². The molecular formula is C28H32N2O3S2. The maximum atomic E-state index is 12.6. The molecule has 1 aliphatic heterocycles. The number of aliphatic hydroxyl groups is 1. The van der Waals surface area contributed by atoms with Crippen molar-refractivity contribution in [1.29, 1.82) is 0 Å². The molecule has 2 N–H and O–H groups in total. The number of aliphatic hydroxyl groups excluding tert-OH is 1. The summed E-state index contributed by atoms with van der Waals surface area (Å²) in [4.78, 5) is 10.2. The van der Waals surface area contributed by atoms with Gasteiger partial charge in [-0.2, -0.15) is 0 Å². The molecule has 1 aromatic carbocycles. The second-order valence-corrected chi connectivity index (χ2v) is 12.3. The van der Waals surface area contributed by atoms with Crippen molar-refractivity contribution >= 4 is 22.6 Å². The Hall–Kier alpha value is -2.35. The summed E-state index contributed by atoms with van der Waals surface area (Å²) >= 11 is 1.51. The molecule has 184 valence electrons. The smallest absolute Gasteiger partial charge is 0.0953 e. The summed E-state index contributed by atoms with van der Waals surface area (Å²) in [5.41, 5.74) is 4.32. The fourth-order valence-corrected chi connectivity index (χ4v) is 6.60. The lowest BCUT2D eigenvalue weighted by molar-refractivity contribution is 0.0626. The number of hydrogen-bond acceptors (Lipinski definition) is 5. The van der Waals surface area contributed by atoms with Crippen molar-refractivity contribution in [2.75, 3.05) is 19.0 Å². The molecule has 7 heteroatoms. The van der Waals surface area contributed by atoms with Crippen molar-refractivity contribution in [3.63, 3.8) is 0 Å². The third kappa shape index (κ3) is 6.26. The van der Waals surface area contributed by atoms with Crippen LogP contribution in [0.2, 0.25) is 0 Å². The molecule has 5 nitrogen and oxygen atoms in total. The Bertz CT molecular complexity index is 1160. The van der Waals surface area contributed by atoms with Gasteiger partial charge in [0.15, 0.2) is 0 Å². The third-order valence-corrected chi connectivity index (χ3v) is 9.62. The predicted octanol–water partition coefficient (Wildman–Crippen LogP) is 6.46. The molecule has 2 atom stereocenters. The lowest BCUT2D eigenvalue weighted by Gasteiger charge is -2.27. The first kappa shape index (κ1) is 24.3. The van der Waals surface area contributed by atoms with E-state index in [0.29, 0.717) is 16.9 Å². The van der Waals surface area contributed by atoms with E-state index in [1.165, 1.54) is 23.0 Å². The van der Waals surface area contributed by atoms with E-state index in [-0.39, 0.29) is 11.7 Å². The predicted molar refractivity (Wildman–Crippen MR) is 142 cm³/mol. The van der Waals surface area contributed by atoms with Gasteiger partial charge in [-0.15, -0.1) is 11.8 Å². The molecule has 0 bridgehead atoms. The van der Waals surface area contributed by atoms with Gasteiger partial charge in [0.05, 0.1) is 33.7 Å². The Morgan fingerprint density at radius 1 is 1.11 bits per heavy atom. The van der Waals surface area contributed by atoms with E-state index in [4.69, 9.17) is 4.74 Å². The van der Waals surface area contributed by atoms with E-state index in [1.807, 2.05) is 18.3 Å². The monoisotopic (exact) mass is 508 g/mol. The summed E-state index contributed by atoms with van der Waals surface area (Å²) < 4.78 is 18.2. The second kappa shape index (κ2) is 11.1. The highest BCUT2D eigenvalue weighted by molar-refractivity contribution is 7.99. The quantitative estimate of drug-likeness (QED) is 0.243. The summed E-state index contributed by atoms with van der Waals surface area (Å²) in [5.74, 6) is 1.49. The highest BCUT2D eigenvalue weighted by atomic mass is 32.2. The SMILES string of the molecule is C=C(O)CSc1ccc(-c2ccc(C(CC3CCOCC3)c3ccc(S(=O)C4CC4)cc3)[nH]2)nc1. The highest BCUT2D eigenvalue weighted by Gasteiger charge is 2.29. The summed E-state index contributed by atoms with van der Waals surface area (Å²) in [6.45, 7) is 5.21. The van der Waals surface area contributed by atoms with Gasteiger partial charge < -0.3 is 14.8 Å². The molecule has 2 unspecified atom stereocenters. The van der Waals surface area contributed by atoms with Crippen LogP contribution in [0.3, 0.4) is 0 Å². The Kier molecular flexibility index (Phi) is 7.75. The molecule has 1 saturated heterocycles. The average Bonchev–Trinajstić information content (AvgIpc) is 3.63. The second-order valence-electron chi connectivity index (χ2n) is 9.47. The largest absolute Gasteiger partial charge is 0.512 e. The van der Waals surface area contributed by atoms with Crippen LogP contribution in [0.15, 0.2) is 76.9 Å². The van der Waals surface area contributed by atoms with Gasteiger partial charge >= 0.3 is 0 Å². The van der Waals surface area contributed by atoms with Crippen molar-refractivity contribution in [3.8, 4) is 11.4 Å². The molecule has 3 aromatic rings. The minimum absolute atomic E-state index is 0.162. The van der Waals surface area contributed by atoms with Crippen LogP contribution in [0, 0.1) is 5.92 Å². The molecule has 1 aliphatic carbocycles. The Morgan fingerprint density at radius 2 is 1.89 bits per heavy atom. The van der Waals surface area contributed by atoms with Crippen LogP contribution in [-0.2, 0) is 15.5 Å². The zero-order valence-electron chi connectivity index (χ0n) is 19.8. The maximum absolute atomic E-state index is 12.6. The number of nitrogens with one attached hydrogen (secondary N) is 1. The normalized spacial score (nSPS) is 18.3. The molecule has 0 spiro atoms. The van der Waals surface area contributed by atoms with E-state index in [2.05, 4.69) is 52.9 Å².